The van der Waals surface area contributed by atoms with E-state index in [2.05, 4.69) is 40.7 Å². The van der Waals surface area contributed by atoms with Crippen molar-refractivity contribution >= 4 is 0 Å². The standard InChI is InChI=1S/C27H46O/c1-18(2)7-6-8-19(3)23-11-12-24-22-10-9-20-17-21(28)13-15-26(20,4)25(22)14-16-27(23,24)5/h9,18-19,21-25,28H,6-8,10-17H2,1-5H3/t19-,21?,22?,23-,24?,25?,26?,27?/m1/s1. The Kier molecular flexibility index (Phi) is 5.80. The van der Waals surface area contributed by atoms with Gasteiger partial charge in [-0.3, -0.25) is 0 Å². The lowest BCUT2D eigenvalue weighted by molar-refractivity contribution is -0.0573. The topological polar surface area (TPSA) is 20.2 Å². The van der Waals surface area contributed by atoms with Crippen LogP contribution in [0, 0.1) is 46.3 Å². The summed E-state index contributed by atoms with van der Waals surface area (Å²) in [6.45, 7) is 12.6. The van der Waals surface area contributed by atoms with Crippen molar-refractivity contribution in [1.29, 1.82) is 0 Å². The van der Waals surface area contributed by atoms with Gasteiger partial charge in [0, 0.05) is 0 Å². The Hall–Kier alpha value is -0.300. The molecule has 0 aromatic carbocycles. The molecule has 6 unspecified atom stereocenters. The zero-order valence-corrected chi connectivity index (χ0v) is 19.3. The first-order valence-electron chi connectivity index (χ1n) is 12.6. The first-order chi connectivity index (χ1) is 13.3. The number of hydrogen-bond donors (Lipinski definition) is 1. The van der Waals surface area contributed by atoms with Gasteiger partial charge in [0.05, 0.1) is 6.10 Å². The van der Waals surface area contributed by atoms with Gasteiger partial charge in [-0.15, -0.1) is 0 Å². The lowest BCUT2D eigenvalue weighted by Gasteiger charge is -2.58. The molecule has 0 aliphatic heterocycles. The van der Waals surface area contributed by atoms with E-state index in [-0.39, 0.29) is 6.10 Å². The van der Waals surface area contributed by atoms with Gasteiger partial charge in [-0.1, -0.05) is 65.5 Å². The summed E-state index contributed by atoms with van der Waals surface area (Å²) in [5, 5.41) is 10.2. The fraction of sp³-hybridized carbons (Fsp3) is 0.926. The molecule has 4 aliphatic rings. The number of allylic oxidation sites excluding steroid dienone is 1. The Labute approximate surface area is 174 Å². The summed E-state index contributed by atoms with van der Waals surface area (Å²) in [7, 11) is 0. The molecule has 3 fully saturated rings. The Morgan fingerprint density at radius 3 is 2.54 bits per heavy atom. The molecule has 0 spiro atoms. The third-order valence-electron chi connectivity index (χ3n) is 10.3. The summed E-state index contributed by atoms with van der Waals surface area (Å²) in [4.78, 5) is 0. The Morgan fingerprint density at radius 1 is 1.00 bits per heavy atom. The molecule has 1 heteroatoms. The highest BCUT2D eigenvalue weighted by Gasteiger charge is 2.59. The summed E-state index contributed by atoms with van der Waals surface area (Å²) in [5.74, 6) is 5.46. The average molecular weight is 387 g/mol. The Bertz CT molecular complexity index is 591. The lowest BCUT2D eigenvalue weighted by atomic mass is 9.47. The minimum Gasteiger partial charge on any atom is -0.393 e. The number of fused-ring (bicyclic) bond motifs is 5. The summed E-state index contributed by atoms with van der Waals surface area (Å²) in [6, 6.07) is 0. The first-order valence-corrected chi connectivity index (χ1v) is 12.6. The summed E-state index contributed by atoms with van der Waals surface area (Å²) in [6.07, 6.45) is 17.2. The minimum absolute atomic E-state index is 0.0766. The van der Waals surface area contributed by atoms with Crippen LogP contribution in [0.25, 0.3) is 0 Å². The zero-order valence-electron chi connectivity index (χ0n) is 19.3. The van der Waals surface area contributed by atoms with Crippen molar-refractivity contribution in [3.8, 4) is 0 Å². The SMILES string of the molecule is CC(C)CCC[C@@H](C)[C@H]1CCC2C3CC=C4CC(O)CCC4(C)C3CCC21C. The number of hydrogen-bond acceptors (Lipinski definition) is 1. The smallest absolute Gasteiger partial charge is 0.0577 e. The van der Waals surface area contributed by atoms with E-state index in [4.69, 9.17) is 0 Å². The van der Waals surface area contributed by atoms with Gasteiger partial charge in [0.1, 0.15) is 0 Å². The molecule has 1 N–H and O–H groups in total. The number of rotatable bonds is 5. The first kappa shape index (κ1) is 21.0. The molecule has 4 aliphatic carbocycles. The van der Waals surface area contributed by atoms with Crippen molar-refractivity contribution in [3.63, 3.8) is 0 Å². The third kappa shape index (κ3) is 3.42. The molecule has 28 heavy (non-hydrogen) atoms. The van der Waals surface area contributed by atoms with Gasteiger partial charge in [-0.2, -0.15) is 0 Å². The molecule has 3 saturated carbocycles. The molecule has 0 bridgehead atoms. The average Bonchev–Trinajstić information content (AvgIpc) is 2.99. The highest BCUT2D eigenvalue weighted by atomic mass is 16.3. The summed E-state index contributed by atoms with van der Waals surface area (Å²) >= 11 is 0. The maximum absolute atomic E-state index is 10.2. The van der Waals surface area contributed by atoms with Crippen molar-refractivity contribution in [2.45, 2.75) is 111 Å². The molecule has 160 valence electrons. The third-order valence-corrected chi connectivity index (χ3v) is 10.3. The summed E-state index contributed by atoms with van der Waals surface area (Å²) < 4.78 is 0. The largest absolute Gasteiger partial charge is 0.393 e. The van der Waals surface area contributed by atoms with Crippen molar-refractivity contribution in [2.24, 2.45) is 46.3 Å². The van der Waals surface area contributed by atoms with E-state index < -0.39 is 0 Å². The van der Waals surface area contributed by atoms with Crippen LogP contribution < -0.4 is 0 Å². The summed E-state index contributed by atoms with van der Waals surface area (Å²) in [5.41, 5.74) is 2.60. The van der Waals surface area contributed by atoms with Crippen LogP contribution in [-0.4, -0.2) is 11.2 Å². The van der Waals surface area contributed by atoms with Gasteiger partial charge >= 0.3 is 0 Å². The van der Waals surface area contributed by atoms with Crippen LogP contribution in [0.5, 0.6) is 0 Å². The molecule has 0 aromatic heterocycles. The normalized spacial score (nSPS) is 46.5. The quantitative estimate of drug-likeness (QED) is 0.488. The van der Waals surface area contributed by atoms with Crippen LogP contribution in [-0.2, 0) is 0 Å². The Balaban J connectivity index is 1.49. The van der Waals surface area contributed by atoms with Crippen molar-refractivity contribution in [1.82, 2.24) is 0 Å². The fourth-order valence-electron chi connectivity index (χ4n) is 8.67. The molecule has 0 radical (unpaired) electrons. The highest BCUT2D eigenvalue weighted by molar-refractivity contribution is 5.25. The van der Waals surface area contributed by atoms with Gasteiger partial charge in [0.25, 0.3) is 0 Å². The predicted molar refractivity (Wildman–Crippen MR) is 119 cm³/mol. The molecule has 0 saturated heterocycles. The van der Waals surface area contributed by atoms with Crippen LogP contribution >= 0.6 is 0 Å². The van der Waals surface area contributed by atoms with Crippen molar-refractivity contribution in [2.75, 3.05) is 0 Å². The van der Waals surface area contributed by atoms with Crippen LogP contribution in [0.15, 0.2) is 11.6 Å². The minimum atomic E-state index is -0.0766. The number of aliphatic hydroxyl groups is 1. The van der Waals surface area contributed by atoms with Crippen LogP contribution in [0.4, 0.5) is 0 Å². The second-order valence-electron chi connectivity index (χ2n) is 12.2. The van der Waals surface area contributed by atoms with Crippen molar-refractivity contribution < 1.29 is 5.11 Å². The molecule has 8 atom stereocenters. The second kappa shape index (κ2) is 7.75. The molecular weight excluding hydrogens is 340 g/mol. The molecule has 1 nitrogen and oxygen atoms in total. The molecule has 0 amide bonds. The van der Waals surface area contributed by atoms with E-state index in [1.165, 1.54) is 57.8 Å². The maximum Gasteiger partial charge on any atom is 0.0577 e. The van der Waals surface area contributed by atoms with Crippen LogP contribution in [0.2, 0.25) is 0 Å². The van der Waals surface area contributed by atoms with E-state index in [0.717, 1.165) is 48.3 Å². The zero-order chi connectivity index (χ0) is 20.1. The van der Waals surface area contributed by atoms with E-state index in [1.807, 2.05) is 0 Å². The van der Waals surface area contributed by atoms with Gasteiger partial charge in [-0.05, 0) is 97.7 Å². The number of aliphatic hydroxyl groups excluding tert-OH is 1. The van der Waals surface area contributed by atoms with Crippen LogP contribution in [0.3, 0.4) is 0 Å². The van der Waals surface area contributed by atoms with Gasteiger partial charge < -0.3 is 5.11 Å². The van der Waals surface area contributed by atoms with E-state index >= 15 is 0 Å². The van der Waals surface area contributed by atoms with E-state index in [9.17, 15) is 5.11 Å². The maximum atomic E-state index is 10.2. The monoisotopic (exact) mass is 386 g/mol. The molecular formula is C27H46O. The molecule has 0 heterocycles. The lowest BCUT2D eigenvalue weighted by Crippen LogP contribution is -2.50. The van der Waals surface area contributed by atoms with Crippen molar-refractivity contribution in [3.05, 3.63) is 11.6 Å². The van der Waals surface area contributed by atoms with Gasteiger partial charge in [0.2, 0.25) is 0 Å². The van der Waals surface area contributed by atoms with Gasteiger partial charge in [-0.25, -0.2) is 0 Å². The molecule has 4 rings (SSSR count). The second-order valence-corrected chi connectivity index (χ2v) is 12.2. The fourth-order valence-corrected chi connectivity index (χ4v) is 8.67. The van der Waals surface area contributed by atoms with Crippen LogP contribution in [0.1, 0.15) is 105 Å². The Morgan fingerprint density at radius 2 is 1.79 bits per heavy atom. The highest BCUT2D eigenvalue weighted by Crippen LogP contribution is 2.67. The van der Waals surface area contributed by atoms with E-state index in [0.29, 0.717) is 10.8 Å². The molecule has 0 aromatic rings. The predicted octanol–water partition coefficient (Wildman–Crippen LogP) is 7.39. The van der Waals surface area contributed by atoms with Gasteiger partial charge in [0.15, 0.2) is 0 Å². The van der Waals surface area contributed by atoms with E-state index in [1.54, 1.807) is 5.57 Å².